The number of benzene rings is 2. The van der Waals surface area contributed by atoms with Crippen LogP contribution in [0.1, 0.15) is 25.5 Å². The van der Waals surface area contributed by atoms with E-state index in [1.165, 1.54) is 0 Å². The van der Waals surface area contributed by atoms with Crippen LogP contribution in [0.4, 0.5) is 4.79 Å². The minimum absolute atomic E-state index is 0.0224. The molecule has 7 nitrogen and oxygen atoms in total. The van der Waals surface area contributed by atoms with Gasteiger partial charge in [-0.15, -0.1) is 0 Å². The Hall–Kier alpha value is -3.09. The Morgan fingerprint density at radius 3 is 2.26 bits per heavy atom. The molecule has 0 aliphatic heterocycles. The van der Waals surface area contributed by atoms with Crippen molar-refractivity contribution in [2.75, 3.05) is 27.6 Å². The molecule has 2 aromatic carbocycles. The summed E-state index contributed by atoms with van der Waals surface area (Å²) in [6.07, 6.45) is 0. The van der Waals surface area contributed by atoms with Gasteiger partial charge >= 0.3 is 6.03 Å². The molecule has 0 spiro atoms. The van der Waals surface area contributed by atoms with Gasteiger partial charge in [-0.05, 0) is 43.7 Å². The molecule has 146 valence electrons. The van der Waals surface area contributed by atoms with Crippen LogP contribution in [0, 0.1) is 0 Å². The zero-order valence-electron chi connectivity index (χ0n) is 16.1. The molecule has 2 rings (SSSR count). The molecule has 0 bridgehead atoms. The van der Waals surface area contributed by atoms with Crippen LogP contribution in [0.3, 0.4) is 0 Å². The summed E-state index contributed by atoms with van der Waals surface area (Å²) in [5.74, 6) is 2.47. The van der Waals surface area contributed by atoms with Crippen molar-refractivity contribution in [2.45, 2.75) is 19.9 Å². The van der Waals surface area contributed by atoms with Crippen LogP contribution in [0.25, 0.3) is 0 Å². The van der Waals surface area contributed by atoms with Gasteiger partial charge in [-0.25, -0.2) is 4.79 Å². The first-order chi connectivity index (χ1) is 13.1. The maximum atomic E-state index is 12.1. The molecule has 7 heteroatoms. The summed E-state index contributed by atoms with van der Waals surface area (Å²) in [7, 11) is 3.15. The van der Waals surface area contributed by atoms with E-state index in [2.05, 4.69) is 10.6 Å². The highest BCUT2D eigenvalue weighted by Gasteiger charge is 2.13. The fourth-order valence-corrected chi connectivity index (χ4v) is 2.48. The number of nitrogens with one attached hydrogen (secondary N) is 2. The summed E-state index contributed by atoms with van der Waals surface area (Å²) >= 11 is 0. The van der Waals surface area contributed by atoms with Gasteiger partial charge in [-0.2, -0.15) is 0 Å². The number of amides is 2. The van der Waals surface area contributed by atoms with Crippen LogP contribution < -0.4 is 29.6 Å². The second kappa shape index (κ2) is 10.2. The summed E-state index contributed by atoms with van der Waals surface area (Å²) in [4.78, 5) is 12.1. The van der Waals surface area contributed by atoms with E-state index in [0.717, 1.165) is 5.56 Å². The second-order valence-corrected chi connectivity index (χ2v) is 5.65. The predicted molar refractivity (Wildman–Crippen MR) is 103 cm³/mol. The molecule has 1 atom stereocenters. The summed E-state index contributed by atoms with van der Waals surface area (Å²) in [5.41, 5.74) is 0.894. The number of hydrogen-bond acceptors (Lipinski definition) is 5. The maximum absolute atomic E-state index is 12.1. The van der Waals surface area contributed by atoms with Crippen LogP contribution in [-0.2, 0) is 0 Å². The Kier molecular flexibility index (Phi) is 7.61. The molecule has 0 fully saturated rings. The number of ether oxygens (including phenoxy) is 4. The van der Waals surface area contributed by atoms with Gasteiger partial charge in [-0.1, -0.05) is 18.2 Å². The van der Waals surface area contributed by atoms with Crippen LogP contribution >= 0.6 is 0 Å². The van der Waals surface area contributed by atoms with Crippen LogP contribution in [0.5, 0.6) is 23.0 Å². The van der Waals surface area contributed by atoms with Crippen molar-refractivity contribution in [1.29, 1.82) is 0 Å². The fraction of sp³-hybridized carbons (Fsp3) is 0.350. The third-order valence-corrected chi connectivity index (χ3v) is 3.86. The summed E-state index contributed by atoms with van der Waals surface area (Å²) in [5, 5.41) is 5.52. The number of para-hydroxylation sites is 2. The molecule has 0 aliphatic carbocycles. The fourth-order valence-electron chi connectivity index (χ4n) is 2.48. The van der Waals surface area contributed by atoms with Crippen LogP contribution in [-0.4, -0.2) is 33.6 Å². The van der Waals surface area contributed by atoms with E-state index < -0.39 is 0 Å². The highest BCUT2D eigenvalue weighted by atomic mass is 16.5. The smallest absolute Gasteiger partial charge is 0.317 e. The zero-order chi connectivity index (χ0) is 19.6. The topological polar surface area (TPSA) is 78.1 Å². The quantitative estimate of drug-likeness (QED) is 0.657. The summed E-state index contributed by atoms with van der Waals surface area (Å²) in [6, 6.07) is 12.3. The van der Waals surface area contributed by atoms with Gasteiger partial charge in [0.1, 0.15) is 0 Å². The van der Waals surface area contributed by atoms with Crippen molar-refractivity contribution in [2.24, 2.45) is 0 Å². The molecule has 0 saturated heterocycles. The average Bonchev–Trinajstić information content (AvgIpc) is 2.68. The SMILES string of the molecule is CCOc1ccccc1OCNC(=O)NC(C)c1ccc(OC)c(OC)c1. The Balaban J connectivity index is 1.87. The van der Waals surface area contributed by atoms with Crippen molar-refractivity contribution >= 4 is 6.03 Å². The van der Waals surface area contributed by atoms with Gasteiger partial charge in [0.25, 0.3) is 0 Å². The lowest BCUT2D eigenvalue weighted by molar-refractivity contribution is 0.217. The van der Waals surface area contributed by atoms with Gasteiger partial charge in [0, 0.05) is 0 Å². The van der Waals surface area contributed by atoms with Gasteiger partial charge < -0.3 is 29.6 Å². The van der Waals surface area contributed by atoms with E-state index in [0.29, 0.717) is 29.6 Å². The van der Waals surface area contributed by atoms with Crippen molar-refractivity contribution in [3.63, 3.8) is 0 Å². The van der Waals surface area contributed by atoms with Crippen LogP contribution in [0.2, 0.25) is 0 Å². The Morgan fingerprint density at radius 2 is 1.63 bits per heavy atom. The average molecular weight is 374 g/mol. The molecule has 0 heterocycles. The molecular formula is C20H26N2O5. The monoisotopic (exact) mass is 374 g/mol. The van der Waals surface area contributed by atoms with E-state index in [1.54, 1.807) is 26.4 Å². The molecule has 27 heavy (non-hydrogen) atoms. The summed E-state index contributed by atoms with van der Waals surface area (Å²) in [6.45, 7) is 4.34. The number of urea groups is 1. The molecular weight excluding hydrogens is 348 g/mol. The van der Waals surface area contributed by atoms with E-state index in [-0.39, 0.29) is 18.8 Å². The highest BCUT2D eigenvalue weighted by molar-refractivity contribution is 5.74. The minimum atomic E-state index is -0.342. The van der Waals surface area contributed by atoms with E-state index in [9.17, 15) is 4.79 Å². The molecule has 0 aliphatic rings. The van der Waals surface area contributed by atoms with Gasteiger partial charge in [0.05, 0.1) is 26.9 Å². The maximum Gasteiger partial charge on any atom is 0.317 e. The first-order valence-electron chi connectivity index (χ1n) is 8.70. The number of methoxy groups -OCH3 is 2. The minimum Gasteiger partial charge on any atom is -0.493 e. The number of carbonyl (C=O) groups excluding carboxylic acids is 1. The lowest BCUT2D eigenvalue weighted by Crippen LogP contribution is -2.39. The van der Waals surface area contributed by atoms with Gasteiger partial charge in [-0.3, -0.25) is 0 Å². The lowest BCUT2D eigenvalue weighted by Gasteiger charge is -2.17. The lowest BCUT2D eigenvalue weighted by atomic mass is 10.1. The molecule has 2 amide bonds. The molecule has 0 radical (unpaired) electrons. The first-order valence-corrected chi connectivity index (χ1v) is 8.70. The Morgan fingerprint density at radius 1 is 0.963 bits per heavy atom. The Bertz CT molecular complexity index is 751. The third kappa shape index (κ3) is 5.70. The number of hydrogen-bond donors (Lipinski definition) is 2. The number of rotatable bonds is 9. The predicted octanol–water partition coefficient (Wildman–Crippen LogP) is 3.50. The molecule has 0 aromatic heterocycles. The summed E-state index contributed by atoms with van der Waals surface area (Å²) < 4.78 is 21.6. The standard InChI is InChI=1S/C20H26N2O5/c1-5-26-17-8-6-7-9-18(17)27-13-21-20(23)22-14(2)15-10-11-16(24-3)19(12-15)25-4/h6-12,14H,5,13H2,1-4H3,(H2,21,22,23). The zero-order valence-corrected chi connectivity index (χ0v) is 16.1. The highest BCUT2D eigenvalue weighted by Crippen LogP contribution is 2.30. The normalized spacial score (nSPS) is 11.3. The van der Waals surface area contributed by atoms with Crippen molar-refractivity contribution in [3.8, 4) is 23.0 Å². The third-order valence-electron chi connectivity index (χ3n) is 3.86. The van der Waals surface area contributed by atoms with Crippen molar-refractivity contribution in [1.82, 2.24) is 10.6 Å². The molecule has 2 aromatic rings. The molecule has 0 saturated carbocycles. The first kappa shape index (κ1) is 20.2. The van der Waals surface area contributed by atoms with E-state index in [4.69, 9.17) is 18.9 Å². The largest absolute Gasteiger partial charge is 0.493 e. The van der Waals surface area contributed by atoms with Crippen LogP contribution in [0.15, 0.2) is 42.5 Å². The van der Waals surface area contributed by atoms with Gasteiger partial charge in [0.15, 0.2) is 29.7 Å². The van der Waals surface area contributed by atoms with Gasteiger partial charge in [0.2, 0.25) is 0 Å². The Labute approximate surface area is 159 Å². The van der Waals surface area contributed by atoms with Crippen molar-refractivity contribution in [3.05, 3.63) is 48.0 Å². The second-order valence-electron chi connectivity index (χ2n) is 5.65. The molecule has 1 unspecified atom stereocenters. The van der Waals surface area contributed by atoms with Crippen molar-refractivity contribution < 1.29 is 23.7 Å². The number of carbonyl (C=O) groups is 1. The van der Waals surface area contributed by atoms with E-state index in [1.807, 2.05) is 44.2 Å². The van der Waals surface area contributed by atoms with E-state index >= 15 is 0 Å². The molecule has 2 N–H and O–H groups in total.